The van der Waals surface area contributed by atoms with Gasteiger partial charge in [-0.15, -0.1) is 0 Å². The molecule has 16 heavy (non-hydrogen) atoms. The molecule has 1 aliphatic heterocycles. The van der Waals surface area contributed by atoms with Gasteiger partial charge < -0.3 is 10.1 Å². The fraction of sp³-hybridized carbons (Fsp3) is 1.00. The van der Waals surface area contributed by atoms with Gasteiger partial charge in [-0.2, -0.15) is 0 Å². The molecular weight excluding hydrogens is 198 g/mol. The summed E-state index contributed by atoms with van der Waals surface area (Å²) in [5.41, 5.74) is 0.615. The van der Waals surface area contributed by atoms with E-state index in [0.29, 0.717) is 11.5 Å². The zero-order valence-corrected chi connectivity index (χ0v) is 10.8. The lowest BCUT2D eigenvalue weighted by Gasteiger charge is -2.62. The third-order valence-corrected chi connectivity index (χ3v) is 5.73. The number of hydrogen-bond acceptors (Lipinski definition) is 2. The van der Waals surface area contributed by atoms with E-state index in [-0.39, 0.29) is 0 Å². The van der Waals surface area contributed by atoms with Crippen LogP contribution in [0.1, 0.15) is 40.0 Å². The normalized spacial score (nSPS) is 50.1. The van der Waals surface area contributed by atoms with Gasteiger partial charge in [-0.1, -0.05) is 20.8 Å². The fourth-order valence-corrected chi connectivity index (χ4v) is 4.34. The molecule has 1 unspecified atom stereocenters. The smallest absolute Gasteiger partial charge is 0.0620 e. The molecule has 92 valence electrons. The van der Waals surface area contributed by atoms with Crippen molar-refractivity contribution in [1.82, 2.24) is 5.32 Å². The molecule has 1 saturated heterocycles. The third kappa shape index (κ3) is 1.53. The Morgan fingerprint density at radius 2 is 2.06 bits per heavy atom. The van der Waals surface area contributed by atoms with Gasteiger partial charge in [0.15, 0.2) is 0 Å². The van der Waals surface area contributed by atoms with Gasteiger partial charge in [-0.25, -0.2) is 0 Å². The third-order valence-electron chi connectivity index (χ3n) is 5.73. The molecule has 0 radical (unpaired) electrons. The second kappa shape index (κ2) is 3.71. The Labute approximate surface area is 99.1 Å². The zero-order chi connectivity index (χ0) is 11.3. The average molecular weight is 223 g/mol. The first-order valence-electron chi connectivity index (χ1n) is 6.93. The number of fused-ring (bicyclic) bond motifs is 2. The Morgan fingerprint density at radius 3 is 2.62 bits per heavy atom. The van der Waals surface area contributed by atoms with Crippen molar-refractivity contribution in [1.29, 1.82) is 0 Å². The van der Waals surface area contributed by atoms with Crippen molar-refractivity contribution >= 4 is 0 Å². The van der Waals surface area contributed by atoms with E-state index >= 15 is 0 Å². The van der Waals surface area contributed by atoms with Crippen LogP contribution in [0.3, 0.4) is 0 Å². The molecule has 4 rings (SSSR count). The van der Waals surface area contributed by atoms with Crippen LogP contribution in [0.4, 0.5) is 0 Å². The van der Waals surface area contributed by atoms with Crippen molar-refractivity contribution in [2.24, 2.45) is 23.2 Å². The molecule has 0 aromatic heterocycles. The standard InChI is InChI=1S/C14H25NO/c1-9-12-6-10(14(12,2)3)7-13(9)15-11-4-5-16-8-11/h9-13,15H,4-8H2,1-3H3/t9-,10+,11?,12-,13-/m1/s1. The number of hydrogen-bond donors (Lipinski definition) is 1. The summed E-state index contributed by atoms with van der Waals surface area (Å²) in [6, 6.07) is 1.39. The van der Waals surface area contributed by atoms with E-state index in [9.17, 15) is 0 Å². The average Bonchev–Trinajstić information content (AvgIpc) is 2.73. The van der Waals surface area contributed by atoms with Crippen molar-refractivity contribution in [3.63, 3.8) is 0 Å². The Morgan fingerprint density at radius 1 is 1.25 bits per heavy atom. The van der Waals surface area contributed by atoms with Gasteiger partial charge in [0, 0.05) is 18.7 Å². The van der Waals surface area contributed by atoms with E-state index in [2.05, 4.69) is 26.1 Å². The summed E-state index contributed by atoms with van der Waals surface area (Å²) in [7, 11) is 0. The predicted molar refractivity (Wildman–Crippen MR) is 65.3 cm³/mol. The van der Waals surface area contributed by atoms with E-state index in [4.69, 9.17) is 4.74 Å². The molecule has 2 nitrogen and oxygen atoms in total. The molecule has 0 spiro atoms. The van der Waals surface area contributed by atoms with Crippen LogP contribution in [0, 0.1) is 23.2 Å². The quantitative estimate of drug-likeness (QED) is 0.776. The first-order chi connectivity index (χ1) is 7.59. The van der Waals surface area contributed by atoms with Crippen LogP contribution >= 0.6 is 0 Å². The summed E-state index contributed by atoms with van der Waals surface area (Å²) in [6.45, 7) is 9.28. The summed E-state index contributed by atoms with van der Waals surface area (Å²) in [4.78, 5) is 0. The highest BCUT2D eigenvalue weighted by Crippen LogP contribution is 2.61. The molecule has 5 atom stereocenters. The highest BCUT2D eigenvalue weighted by atomic mass is 16.5. The van der Waals surface area contributed by atoms with Gasteiger partial charge in [0.2, 0.25) is 0 Å². The van der Waals surface area contributed by atoms with Gasteiger partial charge in [0.05, 0.1) is 6.61 Å². The van der Waals surface area contributed by atoms with E-state index < -0.39 is 0 Å². The molecule has 2 bridgehead atoms. The fourth-order valence-electron chi connectivity index (χ4n) is 4.34. The minimum atomic E-state index is 0.615. The maximum Gasteiger partial charge on any atom is 0.0620 e. The summed E-state index contributed by atoms with van der Waals surface area (Å²) < 4.78 is 5.45. The number of ether oxygens (including phenoxy) is 1. The van der Waals surface area contributed by atoms with Crippen LogP contribution in [0.15, 0.2) is 0 Å². The van der Waals surface area contributed by atoms with Crippen LogP contribution in [0.2, 0.25) is 0 Å². The first-order valence-corrected chi connectivity index (χ1v) is 6.93. The van der Waals surface area contributed by atoms with E-state index in [1.54, 1.807) is 0 Å². The van der Waals surface area contributed by atoms with Gasteiger partial charge in [0.1, 0.15) is 0 Å². The highest BCUT2D eigenvalue weighted by Gasteiger charge is 2.56. The predicted octanol–water partition coefficient (Wildman–Crippen LogP) is 2.44. The Hall–Kier alpha value is -0.0800. The lowest BCUT2D eigenvalue weighted by Crippen LogP contribution is -2.61. The lowest BCUT2D eigenvalue weighted by atomic mass is 9.44. The van der Waals surface area contributed by atoms with Crippen molar-refractivity contribution in [3.8, 4) is 0 Å². The van der Waals surface area contributed by atoms with Crippen molar-refractivity contribution in [3.05, 3.63) is 0 Å². The molecule has 0 amide bonds. The summed E-state index contributed by atoms with van der Waals surface area (Å²) in [5, 5.41) is 3.84. The van der Waals surface area contributed by atoms with E-state index in [1.807, 2.05) is 0 Å². The van der Waals surface area contributed by atoms with Crippen molar-refractivity contribution in [2.75, 3.05) is 13.2 Å². The van der Waals surface area contributed by atoms with Gasteiger partial charge >= 0.3 is 0 Å². The second-order valence-electron chi connectivity index (χ2n) is 6.79. The molecule has 0 aromatic rings. The van der Waals surface area contributed by atoms with Crippen molar-refractivity contribution in [2.45, 2.75) is 52.1 Å². The maximum atomic E-state index is 5.45. The van der Waals surface area contributed by atoms with Crippen LogP contribution in [0.25, 0.3) is 0 Å². The van der Waals surface area contributed by atoms with Gasteiger partial charge in [0.25, 0.3) is 0 Å². The van der Waals surface area contributed by atoms with Crippen molar-refractivity contribution < 1.29 is 4.74 Å². The van der Waals surface area contributed by atoms with Crippen LogP contribution < -0.4 is 5.32 Å². The summed E-state index contributed by atoms with van der Waals surface area (Å²) in [6.07, 6.45) is 4.08. The minimum Gasteiger partial charge on any atom is -0.380 e. The number of nitrogens with one attached hydrogen (secondary N) is 1. The molecule has 2 heteroatoms. The topological polar surface area (TPSA) is 21.3 Å². The second-order valence-corrected chi connectivity index (χ2v) is 6.79. The first kappa shape index (κ1) is 11.0. The van der Waals surface area contributed by atoms with Gasteiger partial charge in [-0.05, 0) is 42.4 Å². The Kier molecular flexibility index (Phi) is 2.56. The zero-order valence-electron chi connectivity index (χ0n) is 10.8. The summed E-state index contributed by atoms with van der Waals surface area (Å²) in [5.74, 6) is 2.76. The highest BCUT2D eigenvalue weighted by molar-refractivity contribution is 5.07. The SMILES string of the molecule is C[C@@H]1[C@H]2C[C@@H](C[C@H]1NC1CCOC1)C2(C)C. The molecule has 1 heterocycles. The molecule has 4 aliphatic rings. The Bertz CT molecular complexity index is 268. The van der Waals surface area contributed by atoms with E-state index in [0.717, 1.165) is 37.0 Å². The monoisotopic (exact) mass is 223 g/mol. The summed E-state index contributed by atoms with van der Waals surface area (Å²) >= 11 is 0. The minimum absolute atomic E-state index is 0.615. The number of rotatable bonds is 2. The largest absolute Gasteiger partial charge is 0.380 e. The van der Waals surface area contributed by atoms with Crippen LogP contribution in [-0.4, -0.2) is 25.3 Å². The molecular formula is C14H25NO. The lowest BCUT2D eigenvalue weighted by molar-refractivity contribution is -0.116. The van der Waals surface area contributed by atoms with Crippen LogP contribution in [0.5, 0.6) is 0 Å². The van der Waals surface area contributed by atoms with Gasteiger partial charge in [-0.3, -0.25) is 0 Å². The molecule has 3 saturated carbocycles. The molecule has 4 fully saturated rings. The molecule has 3 aliphatic carbocycles. The maximum absolute atomic E-state index is 5.45. The molecule has 0 aromatic carbocycles. The van der Waals surface area contributed by atoms with E-state index in [1.165, 1.54) is 19.3 Å². The van der Waals surface area contributed by atoms with Crippen LogP contribution in [-0.2, 0) is 4.74 Å². The molecule has 1 N–H and O–H groups in total. The Balaban J connectivity index is 1.62.